The van der Waals surface area contributed by atoms with E-state index < -0.39 is 0 Å². The van der Waals surface area contributed by atoms with Crippen LogP contribution in [0.4, 0.5) is 5.82 Å². The minimum atomic E-state index is -0.297. The van der Waals surface area contributed by atoms with Crippen LogP contribution in [0.25, 0.3) is 0 Å². The number of rotatable bonds is 4. The molecule has 17 heavy (non-hydrogen) atoms. The summed E-state index contributed by atoms with van der Waals surface area (Å²) >= 11 is 7.78. The number of hydrogen-bond acceptors (Lipinski definition) is 4. The fourth-order valence-corrected chi connectivity index (χ4v) is 3.31. The van der Waals surface area contributed by atoms with E-state index in [4.69, 9.17) is 11.6 Å². The zero-order valence-corrected chi connectivity index (χ0v) is 11.3. The maximum Gasteiger partial charge on any atom is 0.271 e. The second-order valence-electron chi connectivity index (χ2n) is 4.34. The Morgan fingerprint density at radius 3 is 2.94 bits per heavy atom. The lowest BCUT2D eigenvalue weighted by molar-refractivity contribution is 0.638. The molecule has 0 spiro atoms. The zero-order valence-electron chi connectivity index (χ0n) is 9.75. The minimum Gasteiger partial charge on any atom is -0.367 e. The number of H-pyrrole nitrogens is 1. The second-order valence-corrected chi connectivity index (χ2v) is 5.99. The van der Waals surface area contributed by atoms with E-state index in [-0.39, 0.29) is 15.3 Å². The first-order chi connectivity index (χ1) is 8.17. The summed E-state index contributed by atoms with van der Waals surface area (Å²) in [5.41, 5.74) is -0.297. The summed E-state index contributed by atoms with van der Waals surface area (Å²) in [6, 6.07) is 0. The molecule has 1 fully saturated rings. The zero-order chi connectivity index (χ0) is 12.3. The van der Waals surface area contributed by atoms with Gasteiger partial charge in [-0.1, -0.05) is 24.4 Å². The Bertz CT molecular complexity index is 443. The number of hydrogen-bond donors (Lipinski definition) is 2. The van der Waals surface area contributed by atoms with Gasteiger partial charge < -0.3 is 10.3 Å². The molecule has 0 aromatic carbocycles. The Morgan fingerprint density at radius 2 is 2.29 bits per heavy atom. The molecule has 1 heterocycles. The summed E-state index contributed by atoms with van der Waals surface area (Å²) < 4.78 is 0.271. The molecule has 2 N–H and O–H groups in total. The fraction of sp³-hybridized carbons (Fsp3) is 0.636. The molecule has 0 saturated heterocycles. The molecular weight excluding hydrogens is 258 g/mol. The molecule has 1 saturated carbocycles. The van der Waals surface area contributed by atoms with Crippen LogP contribution in [0.5, 0.6) is 0 Å². The predicted molar refractivity (Wildman–Crippen MR) is 73.1 cm³/mol. The molecule has 0 unspecified atom stereocenters. The molecule has 0 bridgehead atoms. The van der Waals surface area contributed by atoms with Gasteiger partial charge in [-0.2, -0.15) is 11.8 Å². The number of halogens is 1. The third-order valence-corrected chi connectivity index (χ3v) is 5.09. The molecule has 0 aliphatic heterocycles. The summed E-state index contributed by atoms with van der Waals surface area (Å²) in [5.74, 6) is 0.482. The first-order valence-corrected chi connectivity index (χ1v) is 7.29. The van der Waals surface area contributed by atoms with Gasteiger partial charge in [0.25, 0.3) is 5.56 Å². The highest BCUT2D eigenvalue weighted by atomic mass is 35.5. The molecule has 1 aliphatic rings. The van der Waals surface area contributed by atoms with Crippen molar-refractivity contribution in [2.45, 2.75) is 30.4 Å². The lowest BCUT2D eigenvalue weighted by Gasteiger charge is -2.27. The van der Waals surface area contributed by atoms with E-state index in [1.54, 1.807) is 0 Å². The van der Waals surface area contributed by atoms with Crippen molar-refractivity contribution in [2.24, 2.45) is 0 Å². The highest BCUT2D eigenvalue weighted by Gasteiger charge is 2.32. The SMILES string of the molecule is CSC1(CNc2nc[nH]c(=O)c2Cl)CCCC1. The number of nitrogens with zero attached hydrogens (tertiary/aromatic N) is 1. The number of thioether (sulfide) groups is 1. The maximum absolute atomic E-state index is 11.3. The van der Waals surface area contributed by atoms with Crippen molar-refractivity contribution in [3.8, 4) is 0 Å². The Hall–Kier alpha value is -0.680. The van der Waals surface area contributed by atoms with Gasteiger partial charge in [-0.3, -0.25) is 4.79 Å². The van der Waals surface area contributed by atoms with Crippen molar-refractivity contribution < 1.29 is 0 Å². The molecule has 1 aromatic heterocycles. The van der Waals surface area contributed by atoms with Gasteiger partial charge in [0.15, 0.2) is 5.82 Å². The Labute approximate surface area is 110 Å². The van der Waals surface area contributed by atoms with Crippen LogP contribution in [0.1, 0.15) is 25.7 Å². The minimum absolute atomic E-state index is 0.141. The van der Waals surface area contributed by atoms with Gasteiger partial charge in [0.1, 0.15) is 5.02 Å². The van der Waals surface area contributed by atoms with Gasteiger partial charge in [-0.15, -0.1) is 0 Å². The molecule has 94 valence electrons. The largest absolute Gasteiger partial charge is 0.367 e. The summed E-state index contributed by atoms with van der Waals surface area (Å²) in [5, 5.41) is 3.34. The summed E-state index contributed by atoms with van der Waals surface area (Å²) in [6.07, 6.45) is 8.48. The number of nitrogens with one attached hydrogen (secondary N) is 2. The third kappa shape index (κ3) is 2.77. The molecule has 2 rings (SSSR count). The van der Waals surface area contributed by atoms with Crippen molar-refractivity contribution in [1.82, 2.24) is 9.97 Å². The average Bonchev–Trinajstić information content (AvgIpc) is 2.81. The molecule has 0 atom stereocenters. The highest BCUT2D eigenvalue weighted by molar-refractivity contribution is 8.00. The Morgan fingerprint density at radius 1 is 1.59 bits per heavy atom. The van der Waals surface area contributed by atoms with Crippen LogP contribution in [-0.4, -0.2) is 27.5 Å². The molecule has 6 heteroatoms. The van der Waals surface area contributed by atoms with Crippen LogP contribution in [0, 0.1) is 0 Å². The van der Waals surface area contributed by atoms with Crippen molar-refractivity contribution in [3.63, 3.8) is 0 Å². The third-order valence-electron chi connectivity index (χ3n) is 3.32. The lowest BCUT2D eigenvalue weighted by Crippen LogP contribution is -2.30. The summed E-state index contributed by atoms with van der Waals surface area (Å²) in [6.45, 7) is 0.810. The number of aromatic amines is 1. The monoisotopic (exact) mass is 273 g/mol. The van der Waals surface area contributed by atoms with Crippen molar-refractivity contribution in [3.05, 3.63) is 21.7 Å². The van der Waals surface area contributed by atoms with Gasteiger partial charge in [-0.25, -0.2) is 4.98 Å². The Kier molecular flexibility index (Phi) is 3.99. The summed E-state index contributed by atoms with van der Waals surface area (Å²) in [7, 11) is 0. The maximum atomic E-state index is 11.3. The van der Waals surface area contributed by atoms with E-state index >= 15 is 0 Å². The number of aromatic nitrogens is 2. The van der Waals surface area contributed by atoms with Gasteiger partial charge in [-0.05, 0) is 19.1 Å². The van der Waals surface area contributed by atoms with Gasteiger partial charge in [0.05, 0.1) is 6.33 Å². The van der Waals surface area contributed by atoms with Crippen LogP contribution in [-0.2, 0) is 0 Å². The summed E-state index contributed by atoms with van der Waals surface area (Å²) in [4.78, 5) is 17.8. The van der Waals surface area contributed by atoms with E-state index in [9.17, 15) is 4.79 Å². The van der Waals surface area contributed by atoms with E-state index in [2.05, 4.69) is 21.5 Å². The second kappa shape index (κ2) is 5.31. The molecule has 1 aliphatic carbocycles. The van der Waals surface area contributed by atoms with Crippen LogP contribution in [0.3, 0.4) is 0 Å². The molecule has 1 aromatic rings. The van der Waals surface area contributed by atoms with Crippen LogP contribution in [0.2, 0.25) is 5.02 Å². The smallest absolute Gasteiger partial charge is 0.271 e. The normalized spacial score (nSPS) is 18.2. The van der Waals surface area contributed by atoms with Gasteiger partial charge in [0.2, 0.25) is 0 Å². The quantitative estimate of drug-likeness (QED) is 0.885. The van der Waals surface area contributed by atoms with E-state index in [0.29, 0.717) is 5.82 Å². The standard InChI is InChI=1S/C11H16ClN3OS/c1-17-11(4-2-3-5-11)6-13-9-8(12)10(16)15-7-14-9/h7H,2-6H2,1H3,(H2,13,14,15,16). The van der Waals surface area contributed by atoms with E-state index in [0.717, 1.165) is 6.54 Å². The average molecular weight is 274 g/mol. The molecule has 0 amide bonds. The first-order valence-electron chi connectivity index (χ1n) is 5.69. The van der Waals surface area contributed by atoms with Crippen LogP contribution in [0.15, 0.2) is 11.1 Å². The van der Waals surface area contributed by atoms with E-state index in [1.807, 2.05) is 11.8 Å². The lowest BCUT2D eigenvalue weighted by atomic mass is 10.1. The van der Waals surface area contributed by atoms with Crippen molar-refractivity contribution in [2.75, 3.05) is 18.1 Å². The van der Waals surface area contributed by atoms with Crippen molar-refractivity contribution >= 4 is 29.2 Å². The fourth-order valence-electron chi connectivity index (χ4n) is 2.22. The van der Waals surface area contributed by atoms with Crippen molar-refractivity contribution in [1.29, 1.82) is 0 Å². The predicted octanol–water partition coefficient (Wildman–Crippen LogP) is 2.51. The molecule has 4 nitrogen and oxygen atoms in total. The van der Waals surface area contributed by atoms with Crippen LogP contribution >= 0.6 is 23.4 Å². The number of anilines is 1. The van der Waals surface area contributed by atoms with Gasteiger partial charge in [0, 0.05) is 11.3 Å². The molecular formula is C11H16ClN3OS. The first kappa shape index (κ1) is 12.8. The highest BCUT2D eigenvalue weighted by Crippen LogP contribution is 2.40. The topological polar surface area (TPSA) is 57.8 Å². The molecule has 0 radical (unpaired) electrons. The van der Waals surface area contributed by atoms with Gasteiger partial charge >= 0.3 is 0 Å². The Balaban J connectivity index is 2.06. The van der Waals surface area contributed by atoms with E-state index in [1.165, 1.54) is 32.0 Å². The van der Waals surface area contributed by atoms with Crippen LogP contribution < -0.4 is 10.9 Å².